The largest absolute Gasteiger partial charge is 0.505 e. The van der Waals surface area contributed by atoms with Gasteiger partial charge in [0.15, 0.2) is 17.2 Å². The van der Waals surface area contributed by atoms with E-state index in [1.54, 1.807) is 99.4 Å². The number of nitrogens with zero attached hydrogens (tertiary/aromatic N) is 8. The normalized spacial score (nSPS) is 13.3. The predicted octanol–water partition coefficient (Wildman–Crippen LogP) is 10.2. The number of nitrogens with one attached hydrogen (secondary N) is 1. The Morgan fingerprint density at radius 3 is 1.06 bits per heavy atom. The lowest BCUT2D eigenvalue weighted by atomic mass is 9.98. The van der Waals surface area contributed by atoms with Gasteiger partial charge >= 0.3 is 0 Å². The highest BCUT2D eigenvalue weighted by Gasteiger charge is 2.44. The second kappa shape index (κ2) is 34.3. The van der Waals surface area contributed by atoms with Crippen LogP contribution in [-0.2, 0) is 111 Å². The first-order valence-electron chi connectivity index (χ1n) is 35.1. The predicted molar refractivity (Wildman–Crippen MR) is 440 cm³/mol. The van der Waals surface area contributed by atoms with Crippen LogP contribution < -0.4 is 37.2 Å². The van der Waals surface area contributed by atoms with E-state index in [1.807, 2.05) is 30.3 Å². The van der Waals surface area contributed by atoms with Gasteiger partial charge in [-0.15, -0.1) is 0 Å². The van der Waals surface area contributed by atoms with E-state index in [4.69, 9.17) is 18.9 Å². The molecule has 39 heteroatoms. The van der Waals surface area contributed by atoms with Crippen molar-refractivity contribution in [2.45, 2.75) is 52.1 Å². The maximum atomic E-state index is 13.6. The molecule has 2 N–H and O–H groups in total. The standard InChI is InChI=1S/C29H28FN3O7S2.C28H26FN3O5S.C21H20FN3O6S2.CH3ClO2S/c1-32(41(3,35)36)27-23-14-20(13-18-5-9-21(30)10-6-18)15-31-26(23)28(40-17-19-7-11-22(39-2)12-8-19)25-24(27)16-33(29(25)34)42(4,37)38;1-32(38(3,34)35)26-22-13-19(12-17-4-8-20(29)9-5-17)14-30-25(22)27(24-23(26)15-31-28(24)33)37-16-18-6-10-21(36-2)11-7-18;1-24(32(2,28)29)19-15-9-13(8-12-4-6-14(22)7-5-12)10-23-18(15)20(26)17-16(19)11-25(21(17)27)33(3,30)31;1-5(2,3)4/h5-12,14-15H,13,16-17H2,1-4H3;4-11,13-14H,12,15-16H2,1-3H3,(H,31,33);4-7,9-10,26H,8,11H2,1-3H3;1H3. The smallest absolute Gasteiger partial charge is 0.271 e. The van der Waals surface area contributed by atoms with Crippen molar-refractivity contribution in [3.05, 3.63) is 253 Å². The number of sulfonamides is 5. The minimum Gasteiger partial charge on any atom is -0.505 e. The summed E-state index contributed by atoms with van der Waals surface area (Å²) in [4.78, 5) is 52.9. The number of aromatic hydroxyl groups is 1. The van der Waals surface area contributed by atoms with Gasteiger partial charge in [-0.3, -0.25) is 42.3 Å². The first-order chi connectivity index (χ1) is 55.2. The number of pyridine rings is 3. The Kier molecular flexibility index (Phi) is 25.4. The average Bonchev–Trinajstić information content (AvgIpc) is 1.54. The molecule has 8 aromatic carbocycles. The molecule has 0 aliphatic carbocycles. The van der Waals surface area contributed by atoms with Crippen LogP contribution in [0.4, 0.5) is 30.2 Å². The van der Waals surface area contributed by atoms with Crippen LogP contribution in [0.3, 0.4) is 0 Å². The molecular weight excluding hydrogens is 1680 g/mol. The molecule has 622 valence electrons. The number of rotatable bonds is 22. The Hall–Kier alpha value is -11.4. The van der Waals surface area contributed by atoms with E-state index in [1.165, 1.54) is 68.0 Å². The van der Waals surface area contributed by atoms with E-state index in [0.717, 1.165) is 79.5 Å². The van der Waals surface area contributed by atoms with Crippen molar-refractivity contribution >= 4 is 137 Å². The van der Waals surface area contributed by atoms with E-state index < -0.39 is 83.3 Å². The third kappa shape index (κ3) is 19.7. The maximum absolute atomic E-state index is 13.6. The van der Waals surface area contributed by atoms with E-state index in [2.05, 4.69) is 31.0 Å². The summed E-state index contributed by atoms with van der Waals surface area (Å²) >= 11 is 0. The Balaban J connectivity index is 0.000000170. The van der Waals surface area contributed by atoms with E-state index in [-0.39, 0.29) is 111 Å². The van der Waals surface area contributed by atoms with Crippen molar-refractivity contribution in [3.8, 4) is 28.7 Å². The van der Waals surface area contributed by atoms with Crippen LogP contribution in [0.1, 0.15) is 92.3 Å². The quantitative estimate of drug-likeness (QED) is 0.0595. The fourth-order valence-corrected chi connectivity index (χ4v) is 16.4. The maximum Gasteiger partial charge on any atom is 0.271 e. The molecule has 29 nitrogen and oxygen atoms in total. The molecule has 0 fully saturated rings. The van der Waals surface area contributed by atoms with Crippen molar-refractivity contribution in [1.82, 2.24) is 28.9 Å². The summed E-state index contributed by atoms with van der Waals surface area (Å²) < 4.78 is 211. The van der Waals surface area contributed by atoms with Crippen LogP contribution in [-0.4, -0.2) is 170 Å². The summed E-state index contributed by atoms with van der Waals surface area (Å²) in [6, 6.07) is 37.6. The van der Waals surface area contributed by atoms with Crippen molar-refractivity contribution in [2.24, 2.45) is 0 Å². The topological polar surface area (TPSA) is 380 Å². The lowest BCUT2D eigenvalue weighted by Gasteiger charge is -2.24. The van der Waals surface area contributed by atoms with Crippen LogP contribution >= 0.6 is 10.7 Å². The molecular formula is C79H77ClF3N9O20S6. The van der Waals surface area contributed by atoms with Gasteiger partial charge in [0.1, 0.15) is 58.7 Å². The average molecular weight is 1760 g/mol. The monoisotopic (exact) mass is 1760 g/mol. The van der Waals surface area contributed by atoms with E-state index in [9.17, 15) is 83.2 Å². The fourth-order valence-electron chi connectivity index (χ4n) is 13.3. The number of benzene rings is 8. The number of amides is 3. The lowest BCUT2D eigenvalue weighted by Crippen LogP contribution is -2.30. The third-order valence-electron chi connectivity index (χ3n) is 19.1. The minimum atomic E-state index is -4.01. The Labute approximate surface area is 683 Å². The molecule has 0 atom stereocenters. The number of anilines is 3. The lowest BCUT2D eigenvalue weighted by molar-refractivity contribution is 0.0867. The summed E-state index contributed by atoms with van der Waals surface area (Å²) in [5.41, 5.74) is 7.98. The van der Waals surface area contributed by atoms with Gasteiger partial charge < -0.3 is 29.4 Å². The molecule has 11 aromatic rings. The van der Waals surface area contributed by atoms with Gasteiger partial charge in [0, 0.05) is 89.8 Å². The molecule has 0 unspecified atom stereocenters. The van der Waals surface area contributed by atoms with E-state index in [0.29, 0.717) is 83.8 Å². The number of aromatic nitrogens is 3. The van der Waals surface area contributed by atoms with Gasteiger partial charge in [-0.2, -0.15) is 0 Å². The molecule has 3 amide bonds. The van der Waals surface area contributed by atoms with Crippen molar-refractivity contribution in [1.29, 1.82) is 0 Å². The number of hydrogen-bond donors (Lipinski definition) is 2. The van der Waals surface area contributed by atoms with Gasteiger partial charge in [-0.05, 0) is 143 Å². The molecule has 3 aromatic heterocycles. The van der Waals surface area contributed by atoms with Crippen molar-refractivity contribution < 1.29 is 102 Å². The molecule has 6 heterocycles. The number of ether oxygens (including phenoxy) is 4. The second-order valence-corrected chi connectivity index (χ2v) is 40.6. The fraction of sp³-hybridized carbons (Fsp3) is 0.241. The van der Waals surface area contributed by atoms with Crippen LogP contribution in [0.5, 0.6) is 28.7 Å². The van der Waals surface area contributed by atoms with Crippen LogP contribution in [0.15, 0.2) is 158 Å². The Bertz CT molecular complexity index is 6560. The number of halogens is 4. The number of carbonyl (C=O) groups excluding carboxylic acids is 3. The summed E-state index contributed by atoms with van der Waals surface area (Å²) in [5.74, 6) is -2.04. The summed E-state index contributed by atoms with van der Waals surface area (Å²) in [6.45, 7) is -0.468. The molecule has 0 radical (unpaired) electrons. The number of phenolic OH excluding ortho intramolecular Hbond substituents is 1. The van der Waals surface area contributed by atoms with Gasteiger partial charge in [-0.1, -0.05) is 60.7 Å². The van der Waals surface area contributed by atoms with Gasteiger partial charge in [-0.25, -0.2) is 72.3 Å². The molecule has 14 rings (SSSR count). The highest BCUT2D eigenvalue weighted by Crippen LogP contribution is 2.49. The van der Waals surface area contributed by atoms with Crippen LogP contribution in [0, 0.1) is 17.5 Å². The van der Waals surface area contributed by atoms with Crippen LogP contribution in [0.25, 0.3) is 32.7 Å². The zero-order valence-corrected chi connectivity index (χ0v) is 70.6. The van der Waals surface area contributed by atoms with Crippen molar-refractivity contribution in [3.63, 3.8) is 0 Å². The molecule has 3 aliphatic heterocycles. The number of methoxy groups -OCH3 is 2. The number of fused-ring (bicyclic) bond motifs is 6. The first kappa shape index (κ1) is 87.4. The number of phenols is 1. The van der Waals surface area contributed by atoms with Gasteiger partial charge in [0.2, 0.25) is 59.2 Å². The Morgan fingerprint density at radius 1 is 0.432 bits per heavy atom. The zero-order chi connectivity index (χ0) is 86.2. The third-order valence-corrected chi connectivity index (χ3v) is 24.9. The zero-order valence-electron chi connectivity index (χ0n) is 64.9. The molecule has 118 heavy (non-hydrogen) atoms. The Morgan fingerprint density at radius 2 is 0.729 bits per heavy atom. The number of carbonyl (C=O) groups is 3. The van der Waals surface area contributed by atoms with Gasteiger partial charge in [0.25, 0.3) is 17.7 Å². The SMILES string of the molecule is CN(c1c2c(c(O)c3ncc(Cc4ccc(F)cc4)cc13)C(=O)N(S(C)(=O)=O)C2)S(C)(=O)=O.COc1ccc(COc2c3c(c(N(C)S(C)(=O)=O)c4cc(Cc5ccc(F)cc5)cnc24)CN(S(C)(=O)=O)C3=O)cc1.COc1ccc(COc2c3c(c(N(C)S(C)(=O)=O)c4cc(Cc5ccc(F)cc5)cnc24)CNC3=O)cc1.CS(=O)(=O)Cl. The van der Waals surface area contributed by atoms with Gasteiger partial charge in [0.05, 0.1) is 98.6 Å². The summed E-state index contributed by atoms with van der Waals surface area (Å²) in [6.07, 6.45) is 11.6. The second-order valence-electron chi connectivity index (χ2n) is 27.7. The van der Waals surface area contributed by atoms with Crippen LogP contribution in [0.2, 0.25) is 0 Å². The van der Waals surface area contributed by atoms with E-state index >= 15 is 0 Å². The molecule has 3 aliphatic rings. The highest BCUT2D eigenvalue weighted by atomic mass is 35.7. The highest BCUT2D eigenvalue weighted by molar-refractivity contribution is 8.13. The summed E-state index contributed by atoms with van der Waals surface area (Å²) in [7, 11) is -10.8. The molecule has 0 spiro atoms. The minimum absolute atomic E-state index is 0.0119. The number of hydrogen-bond acceptors (Lipinski definition) is 23. The molecule has 0 saturated heterocycles. The molecule has 0 bridgehead atoms. The first-order valence-corrected chi connectivity index (χ1v) is 47.1. The summed E-state index contributed by atoms with van der Waals surface area (Å²) in [5, 5.41) is 14.8. The van der Waals surface area contributed by atoms with Crippen molar-refractivity contribution in [2.75, 3.05) is 85.8 Å². The molecule has 0 saturated carbocycles.